The molecule has 0 radical (unpaired) electrons. The van der Waals surface area contributed by atoms with Crippen LogP contribution in [0.2, 0.25) is 0 Å². The van der Waals surface area contributed by atoms with Crippen molar-refractivity contribution in [2.75, 3.05) is 26.2 Å². The second-order valence-electron chi connectivity index (χ2n) is 5.49. The molecule has 1 amide bonds. The van der Waals surface area contributed by atoms with Gasteiger partial charge in [0.2, 0.25) is 5.91 Å². The minimum absolute atomic E-state index is 0.134. The van der Waals surface area contributed by atoms with Gasteiger partial charge in [-0.25, -0.2) is 0 Å². The molecule has 0 spiro atoms. The zero-order valence-electron chi connectivity index (χ0n) is 11.8. The van der Waals surface area contributed by atoms with Gasteiger partial charge in [0, 0.05) is 31.2 Å². The first-order chi connectivity index (χ1) is 9.20. The summed E-state index contributed by atoms with van der Waals surface area (Å²) in [5, 5.41) is 0. The third-order valence-electron chi connectivity index (χ3n) is 4.11. The predicted octanol–water partition coefficient (Wildman–Crippen LogP) is 1.14. The van der Waals surface area contributed by atoms with Gasteiger partial charge in [-0.3, -0.25) is 9.69 Å². The fourth-order valence-corrected chi connectivity index (χ4v) is 2.88. The molecular weight excluding hydrogens is 238 g/mol. The number of carbonyl (C=O) groups is 1. The smallest absolute Gasteiger partial charge is 0.246 e. The third-order valence-corrected chi connectivity index (χ3v) is 4.11. The van der Waals surface area contributed by atoms with Crippen molar-refractivity contribution < 1.29 is 4.79 Å². The molecule has 1 atom stereocenters. The van der Waals surface area contributed by atoms with Crippen LogP contribution in [0.5, 0.6) is 0 Å². The van der Waals surface area contributed by atoms with Crippen LogP contribution < -0.4 is 5.73 Å². The molecule has 4 nitrogen and oxygen atoms in total. The van der Waals surface area contributed by atoms with E-state index in [1.54, 1.807) is 6.08 Å². The number of allylic oxidation sites excluding steroid dienone is 3. The summed E-state index contributed by atoms with van der Waals surface area (Å²) in [6.07, 6.45) is 10.6. The summed E-state index contributed by atoms with van der Waals surface area (Å²) < 4.78 is 0. The number of piperidine rings is 1. The Morgan fingerprint density at radius 3 is 2.58 bits per heavy atom. The highest BCUT2D eigenvalue weighted by Crippen LogP contribution is 2.20. The molecule has 0 aliphatic carbocycles. The normalized spacial score (nSPS) is 26.8. The van der Waals surface area contributed by atoms with Gasteiger partial charge in [-0.05, 0) is 39.3 Å². The number of hydrogen-bond donors (Lipinski definition) is 1. The van der Waals surface area contributed by atoms with Gasteiger partial charge in [-0.2, -0.15) is 0 Å². The van der Waals surface area contributed by atoms with Crippen molar-refractivity contribution in [2.24, 2.45) is 5.73 Å². The van der Waals surface area contributed by atoms with Crippen LogP contribution in [0.1, 0.15) is 26.2 Å². The van der Waals surface area contributed by atoms with Crippen LogP contribution in [0.15, 0.2) is 24.3 Å². The largest absolute Gasteiger partial charge is 0.338 e. The first-order valence-corrected chi connectivity index (χ1v) is 7.28. The summed E-state index contributed by atoms with van der Waals surface area (Å²) in [5.41, 5.74) is 5.93. The summed E-state index contributed by atoms with van der Waals surface area (Å²) >= 11 is 0. The van der Waals surface area contributed by atoms with E-state index in [4.69, 9.17) is 5.73 Å². The Morgan fingerprint density at radius 1 is 1.16 bits per heavy atom. The molecule has 2 fully saturated rings. The molecule has 1 unspecified atom stereocenters. The van der Waals surface area contributed by atoms with E-state index >= 15 is 0 Å². The van der Waals surface area contributed by atoms with Crippen LogP contribution in [0, 0.1) is 0 Å². The topological polar surface area (TPSA) is 49.6 Å². The van der Waals surface area contributed by atoms with Crippen LogP contribution in [0.25, 0.3) is 0 Å². The first kappa shape index (κ1) is 14.3. The molecule has 0 aromatic rings. The van der Waals surface area contributed by atoms with E-state index in [9.17, 15) is 4.79 Å². The van der Waals surface area contributed by atoms with E-state index in [1.807, 2.05) is 30.1 Å². The molecule has 2 saturated heterocycles. The molecule has 0 bridgehead atoms. The van der Waals surface area contributed by atoms with Gasteiger partial charge in [-0.15, -0.1) is 0 Å². The Morgan fingerprint density at radius 2 is 1.89 bits per heavy atom. The standard InChI is InChI=1S/C15H25N3O/c1-2-3-4-5-15(19)18-11-8-14(12-18)17-9-6-13(16)7-10-17/h2-5,13-14H,6-12,16H2,1H3. The van der Waals surface area contributed by atoms with Gasteiger partial charge in [-0.1, -0.05) is 18.2 Å². The minimum atomic E-state index is 0.134. The quantitative estimate of drug-likeness (QED) is 0.614. The van der Waals surface area contributed by atoms with Gasteiger partial charge >= 0.3 is 0 Å². The van der Waals surface area contributed by atoms with Crippen molar-refractivity contribution in [1.29, 1.82) is 0 Å². The highest BCUT2D eigenvalue weighted by molar-refractivity contribution is 5.88. The number of amides is 1. The number of nitrogens with zero attached hydrogens (tertiary/aromatic N) is 2. The lowest BCUT2D eigenvalue weighted by Gasteiger charge is -2.34. The van der Waals surface area contributed by atoms with Gasteiger partial charge in [0.25, 0.3) is 0 Å². The maximum atomic E-state index is 12.0. The van der Waals surface area contributed by atoms with Crippen LogP contribution in [0.3, 0.4) is 0 Å². The summed E-state index contributed by atoms with van der Waals surface area (Å²) in [6, 6.07) is 0.908. The maximum absolute atomic E-state index is 12.0. The Balaban J connectivity index is 1.81. The molecule has 0 aromatic heterocycles. The molecule has 2 N–H and O–H groups in total. The van der Waals surface area contributed by atoms with E-state index < -0.39 is 0 Å². The molecule has 2 heterocycles. The van der Waals surface area contributed by atoms with Crippen molar-refractivity contribution in [1.82, 2.24) is 9.80 Å². The van der Waals surface area contributed by atoms with Crippen molar-refractivity contribution in [3.05, 3.63) is 24.3 Å². The van der Waals surface area contributed by atoms with Crippen LogP contribution >= 0.6 is 0 Å². The van der Waals surface area contributed by atoms with Crippen LogP contribution in [-0.4, -0.2) is 54.0 Å². The second kappa shape index (κ2) is 6.87. The van der Waals surface area contributed by atoms with E-state index in [2.05, 4.69) is 4.90 Å². The molecule has 4 heteroatoms. The zero-order valence-corrected chi connectivity index (χ0v) is 11.8. The van der Waals surface area contributed by atoms with Crippen molar-refractivity contribution in [2.45, 2.75) is 38.3 Å². The van der Waals surface area contributed by atoms with Gasteiger partial charge in [0.1, 0.15) is 0 Å². The lowest BCUT2D eigenvalue weighted by atomic mass is 10.0. The van der Waals surface area contributed by atoms with Crippen molar-refractivity contribution >= 4 is 5.91 Å². The third kappa shape index (κ3) is 3.91. The Hall–Kier alpha value is -1.13. The summed E-state index contributed by atoms with van der Waals surface area (Å²) in [4.78, 5) is 16.4. The van der Waals surface area contributed by atoms with E-state index in [0.29, 0.717) is 12.1 Å². The number of hydrogen-bond acceptors (Lipinski definition) is 3. The lowest BCUT2D eigenvalue weighted by molar-refractivity contribution is -0.125. The number of likely N-dealkylation sites (tertiary alicyclic amines) is 2. The fourth-order valence-electron chi connectivity index (χ4n) is 2.88. The van der Waals surface area contributed by atoms with Crippen LogP contribution in [0.4, 0.5) is 0 Å². The molecule has 2 aliphatic rings. The average Bonchev–Trinajstić information content (AvgIpc) is 2.89. The van der Waals surface area contributed by atoms with E-state index in [-0.39, 0.29) is 5.91 Å². The Bertz CT molecular complexity index is 356. The minimum Gasteiger partial charge on any atom is -0.338 e. The van der Waals surface area contributed by atoms with Gasteiger partial charge < -0.3 is 10.6 Å². The average molecular weight is 263 g/mol. The maximum Gasteiger partial charge on any atom is 0.246 e. The molecule has 106 valence electrons. The molecule has 0 aromatic carbocycles. The Labute approximate surface area is 115 Å². The summed E-state index contributed by atoms with van der Waals surface area (Å²) in [6.45, 7) is 5.87. The van der Waals surface area contributed by atoms with Crippen molar-refractivity contribution in [3.8, 4) is 0 Å². The monoisotopic (exact) mass is 263 g/mol. The SMILES string of the molecule is CC=CC=CC(=O)N1CCC(N2CCC(N)CC2)C1. The Kier molecular flexibility index (Phi) is 5.16. The number of nitrogens with two attached hydrogens (primary N) is 1. The van der Waals surface area contributed by atoms with Gasteiger partial charge in [0.05, 0.1) is 0 Å². The zero-order chi connectivity index (χ0) is 13.7. The first-order valence-electron chi connectivity index (χ1n) is 7.28. The van der Waals surface area contributed by atoms with Crippen LogP contribution in [-0.2, 0) is 4.79 Å². The highest BCUT2D eigenvalue weighted by atomic mass is 16.2. The summed E-state index contributed by atoms with van der Waals surface area (Å²) in [5.74, 6) is 0.134. The fraction of sp³-hybridized carbons (Fsp3) is 0.667. The predicted molar refractivity (Wildman–Crippen MR) is 77.7 cm³/mol. The number of carbonyl (C=O) groups excluding carboxylic acids is 1. The van der Waals surface area contributed by atoms with Gasteiger partial charge in [0.15, 0.2) is 0 Å². The highest BCUT2D eigenvalue weighted by Gasteiger charge is 2.31. The molecule has 19 heavy (non-hydrogen) atoms. The van der Waals surface area contributed by atoms with E-state index in [0.717, 1.165) is 45.4 Å². The van der Waals surface area contributed by atoms with E-state index in [1.165, 1.54) is 0 Å². The second-order valence-corrected chi connectivity index (χ2v) is 5.49. The molecule has 2 aliphatic heterocycles. The van der Waals surface area contributed by atoms with Crippen molar-refractivity contribution in [3.63, 3.8) is 0 Å². The summed E-state index contributed by atoms with van der Waals surface area (Å²) in [7, 11) is 0. The lowest BCUT2D eigenvalue weighted by Crippen LogP contribution is -2.46. The number of rotatable bonds is 3. The molecular formula is C15H25N3O. The molecule has 2 rings (SSSR count). The molecule has 0 saturated carbocycles.